The summed E-state index contributed by atoms with van der Waals surface area (Å²) < 4.78 is 0. The van der Waals surface area contributed by atoms with E-state index in [1.54, 1.807) is 6.07 Å². The maximum absolute atomic E-state index is 6.15. The molecule has 0 saturated carbocycles. The first-order chi connectivity index (χ1) is 8.72. The van der Waals surface area contributed by atoms with Crippen molar-refractivity contribution in [3.63, 3.8) is 0 Å². The van der Waals surface area contributed by atoms with Crippen LogP contribution in [0.5, 0.6) is 0 Å². The van der Waals surface area contributed by atoms with Crippen molar-refractivity contribution in [1.29, 1.82) is 0 Å². The molecule has 2 nitrogen and oxygen atoms in total. The van der Waals surface area contributed by atoms with Crippen LogP contribution in [0.15, 0.2) is 36.4 Å². The van der Waals surface area contributed by atoms with E-state index in [-0.39, 0.29) is 0 Å². The molecule has 0 heterocycles. The van der Waals surface area contributed by atoms with Gasteiger partial charge in [0.15, 0.2) is 0 Å². The zero-order chi connectivity index (χ0) is 12.5. The molecule has 0 bridgehead atoms. The van der Waals surface area contributed by atoms with Crippen LogP contribution in [0.1, 0.15) is 17.5 Å². The SMILES string of the molecule is Nc1ccc(Nc2ccc3c(c2)CCC3)c(Cl)c1. The first-order valence-electron chi connectivity index (χ1n) is 6.16. The fraction of sp³-hybridized carbons (Fsp3) is 0.200. The van der Waals surface area contributed by atoms with Crippen LogP contribution in [-0.2, 0) is 12.8 Å². The van der Waals surface area contributed by atoms with E-state index in [9.17, 15) is 0 Å². The molecule has 0 aromatic heterocycles. The van der Waals surface area contributed by atoms with Gasteiger partial charge in [-0.2, -0.15) is 0 Å². The van der Waals surface area contributed by atoms with Crippen LogP contribution in [0.25, 0.3) is 0 Å². The highest BCUT2D eigenvalue weighted by molar-refractivity contribution is 6.33. The minimum absolute atomic E-state index is 0.649. The molecular formula is C15H15ClN2. The van der Waals surface area contributed by atoms with E-state index < -0.39 is 0 Å². The lowest BCUT2D eigenvalue weighted by Gasteiger charge is -2.10. The fourth-order valence-corrected chi connectivity index (χ4v) is 2.67. The van der Waals surface area contributed by atoms with E-state index in [4.69, 9.17) is 17.3 Å². The summed E-state index contributed by atoms with van der Waals surface area (Å²) >= 11 is 6.15. The third kappa shape index (κ3) is 2.16. The number of nitrogens with one attached hydrogen (secondary N) is 1. The zero-order valence-corrected chi connectivity index (χ0v) is 10.8. The Hall–Kier alpha value is -1.67. The lowest BCUT2D eigenvalue weighted by molar-refractivity contribution is 0.912. The summed E-state index contributed by atoms with van der Waals surface area (Å²) in [5, 5.41) is 3.99. The summed E-state index contributed by atoms with van der Waals surface area (Å²) in [4.78, 5) is 0. The highest BCUT2D eigenvalue weighted by atomic mass is 35.5. The van der Waals surface area contributed by atoms with Crippen molar-refractivity contribution >= 4 is 28.7 Å². The number of nitrogen functional groups attached to an aromatic ring is 1. The molecular weight excluding hydrogens is 244 g/mol. The maximum atomic E-state index is 6.15. The van der Waals surface area contributed by atoms with Crippen molar-refractivity contribution in [1.82, 2.24) is 0 Å². The Bertz CT molecular complexity index is 593. The second-order valence-corrected chi connectivity index (χ2v) is 5.11. The third-order valence-corrected chi connectivity index (χ3v) is 3.68. The second kappa shape index (κ2) is 4.54. The second-order valence-electron chi connectivity index (χ2n) is 4.70. The number of hydrogen-bond donors (Lipinski definition) is 2. The van der Waals surface area contributed by atoms with Gasteiger partial charge in [-0.3, -0.25) is 0 Å². The predicted molar refractivity (Wildman–Crippen MR) is 77.6 cm³/mol. The fourth-order valence-electron chi connectivity index (χ4n) is 2.44. The highest BCUT2D eigenvalue weighted by Gasteiger charge is 2.11. The average molecular weight is 259 g/mol. The standard InChI is InChI=1S/C15H15ClN2/c16-14-9-12(17)5-7-15(14)18-13-6-4-10-2-1-3-11(10)8-13/h4-9,18H,1-3,17H2. The van der Waals surface area contributed by atoms with E-state index in [0.29, 0.717) is 10.7 Å². The normalized spacial score (nSPS) is 13.4. The highest BCUT2D eigenvalue weighted by Crippen LogP contribution is 2.30. The summed E-state index contributed by atoms with van der Waals surface area (Å²) in [6.07, 6.45) is 3.65. The number of nitrogens with two attached hydrogens (primary N) is 1. The summed E-state index contributed by atoms with van der Waals surface area (Å²) in [6.45, 7) is 0. The van der Waals surface area contributed by atoms with Crippen LogP contribution in [0, 0.1) is 0 Å². The van der Waals surface area contributed by atoms with Gasteiger partial charge in [0.05, 0.1) is 10.7 Å². The minimum atomic E-state index is 0.649. The van der Waals surface area contributed by atoms with Crippen molar-refractivity contribution in [2.24, 2.45) is 0 Å². The van der Waals surface area contributed by atoms with Gasteiger partial charge in [-0.1, -0.05) is 17.7 Å². The molecule has 0 atom stereocenters. The van der Waals surface area contributed by atoms with Gasteiger partial charge in [-0.15, -0.1) is 0 Å². The molecule has 2 aromatic carbocycles. The van der Waals surface area contributed by atoms with E-state index in [1.165, 1.54) is 30.4 Å². The number of anilines is 3. The van der Waals surface area contributed by atoms with Gasteiger partial charge in [0.25, 0.3) is 0 Å². The first kappa shape index (κ1) is 11.4. The number of hydrogen-bond acceptors (Lipinski definition) is 2. The monoisotopic (exact) mass is 258 g/mol. The zero-order valence-electron chi connectivity index (χ0n) is 10.0. The quantitative estimate of drug-likeness (QED) is 0.794. The predicted octanol–water partition coefficient (Wildman–Crippen LogP) is 4.15. The molecule has 3 rings (SSSR count). The Morgan fingerprint density at radius 1 is 1.00 bits per heavy atom. The van der Waals surface area contributed by atoms with Crippen LogP contribution < -0.4 is 11.1 Å². The minimum Gasteiger partial charge on any atom is -0.399 e. The molecule has 0 unspecified atom stereocenters. The smallest absolute Gasteiger partial charge is 0.0661 e. The molecule has 0 spiro atoms. The van der Waals surface area contributed by atoms with E-state index in [2.05, 4.69) is 23.5 Å². The maximum Gasteiger partial charge on any atom is 0.0661 e. The molecule has 0 fully saturated rings. The number of halogens is 1. The molecule has 2 aromatic rings. The van der Waals surface area contributed by atoms with Gasteiger partial charge >= 0.3 is 0 Å². The van der Waals surface area contributed by atoms with Gasteiger partial charge in [0, 0.05) is 11.4 Å². The summed E-state index contributed by atoms with van der Waals surface area (Å²) in [6, 6.07) is 12.0. The van der Waals surface area contributed by atoms with Crippen molar-refractivity contribution in [2.45, 2.75) is 19.3 Å². The molecule has 18 heavy (non-hydrogen) atoms. The molecule has 0 radical (unpaired) electrons. The Morgan fingerprint density at radius 3 is 2.67 bits per heavy atom. The van der Waals surface area contributed by atoms with Crippen LogP contribution in [0.3, 0.4) is 0 Å². The molecule has 92 valence electrons. The van der Waals surface area contributed by atoms with Crippen molar-refractivity contribution < 1.29 is 0 Å². The Morgan fingerprint density at radius 2 is 1.83 bits per heavy atom. The topological polar surface area (TPSA) is 38.0 Å². The van der Waals surface area contributed by atoms with Gasteiger partial charge in [0.1, 0.15) is 0 Å². The molecule has 3 N–H and O–H groups in total. The van der Waals surface area contributed by atoms with Crippen molar-refractivity contribution in [2.75, 3.05) is 11.1 Å². The van der Waals surface area contributed by atoms with Crippen LogP contribution in [0.4, 0.5) is 17.1 Å². The van der Waals surface area contributed by atoms with E-state index in [0.717, 1.165) is 11.4 Å². The molecule has 1 aliphatic carbocycles. The number of benzene rings is 2. The molecule has 0 aliphatic heterocycles. The van der Waals surface area contributed by atoms with Crippen molar-refractivity contribution in [3.8, 4) is 0 Å². The van der Waals surface area contributed by atoms with Crippen LogP contribution in [-0.4, -0.2) is 0 Å². The number of aryl methyl sites for hydroxylation is 2. The summed E-state index contributed by atoms with van der Waals surface area (Å²) in [5.41, 5.74) is 11.3. The van der Waals surface area contributed by atoms with Crippen LogP contribution in [0.2, 0.25) is 5.02 Å². The van der Waals surface area contributed by atoms with E-state index >= 15 is 0 Å². The van der Waals surface area contributed by atoms with Gasteiger partial charge in [0.2, 0.25) is 0 Å². The van der Waals surface area contributed by atoms with Gasteiger partial charge < -0.3 is 11.1 Å². The lowest BCUT2D eigenvalue weighted by atomic mass is 10.1. The van der Waals surface area contributed by atoms with Crippen LogP contribution >= 0.6 is 11.6 Å². The Labute approximate surface area is 112 Å². The molecule has 1 aliphatic rings. The Balaban J connectivity index is 1.88. The number of rotatable bonds is 2. The molecule has 3 heteroatoms. The van der Waals surface area contributed by atoms with Gasteiger partial charge in [-0.25, -0.2) is 0 Å². The lowest BCUT2D eigenvalue weighted by Crippen LogP contribution is -1.94. The number of fused-ring (bicyclic) bond motifs is 1. The average Bonchev–Trinajstić information content (AvgIpc) is 2.80. The molecule has 0 saturated heterocycles. The summed E-state index contributed by atoms with van der Waals surface area (Å²) in [5.74, 6) is 0. The largest absolute Gasteiger partial charge is 0.399 e. The van der Waals surface area contributed by atoms with E-state index in [1.807, 2.05) is 12.1 Å². The molecule has 0 amide bonds. The first-order valence-corrected chi connectivity index (χ1v) is 6.54. The van der Waals surface area contributed by atoms with Gasteiger partial charge in [-0.05, 0) is 60.7 Å². The van der Waals surface area contributed by atoms with Crippen molar-refractivity contribution in [3.05, 3.63) is 52.5 Å². The summed E-state index contributed by atoms with van der Waals surface area (Å²) in [7, 11) is 0. The Kier molecular flexibility index (Phi) is 2.88. The third-order valence-electron chi connectivity index (χ3n) is 3.37.